The minimum absolute atomic E-state index is 0.0153. The second-order valence-electron chi connectivity index (χ2n) is 12.3. The first kappa shape index (κ1) is 34.8. The Morgan fingerprint density at radius 3 is 2.20 bits per heavy atom. The molecule has 3 N–H and O–H groups in total. The van der Waals surface area contributed by atoms with Crippen LogP contribution in [0.2, 0.25) is 0 Å². The molecule has 0 aliphatic rings. The van der Waals surface area contributed by atoms with Crippen LogP contribution in [0.15, 0.2) is 73.2 Å². The van der Waals surface area contributed by atoms with Gasteiger partial charge in [-0.2, -0.15) is 0 Å². The maximum Gasteiger partial charge on any atom is 0.408 e. The SMILES string of the molecule is C[C@@H](c1ccccc1)N(C)C(=O)Cn1cnc(NC(=O)[C@@H](COCc2ccccc2)NC(=O)C(C)(C)NC(=O)OC(C)(C)C)c1. The lowest BCUT2D eigenvalue weighted by atomic mass is 10.0. The summed E-state index contributed by atoms with van der Waals surface area (Å²) in [6.07, 6.45) is 2.21. The van der Waals surface area contributed by atoms with Gasteiger partial charge in [-0.25, -0.2) is 9.78 Å². The molecule has 12 heteroatoms. The van der Waals surface area contributed by atoms with Crippen LogP contribution in [0.3, 0.4) is 0 Å². The quantitative estimate of drug-likeness (QED) is 0.262. The van der Waals surface area contributed by atoms with Gasteiger partial charge in [-0.15, -0.1) is 0 Å². The van der Waals surface area contributed by atoms with E-state index in [0.717, 1.165) is 11.1 Å². The van der Waals surface area contributed by atoms with E-state index in [4.69, 9.17) is 9.47 Å². The van der Waals surface area contributed by atoms with Crippen molar-refractivity contribution in [3.05, 3.63) is 84.3 Å². The first-order valence-corrected chi connectivity index (χ1v) is 14.7. The molecule has 242 valence electrons. The number of amides is 4. The first-order valence-electron chi connectivity index (χ1n) is 14.7. The van der Waals surface area contributed by atoms with Crippen molar-refractivity contribution in [1.82, 2.24) is 25.1 Å². The van der Waals surface area contributed by atoms with Crippen LogP contribution in [0.1, 0.15) is 58.7 Å². The summed E-state index contributed by atoms with van der Waals surface area (Å²) >= 11 is 0. The first-order chi connectivity index (χ1) is 21.1. The van der Waals surface area contributed by atoms with Crippen LogP contribution in [-0.2, 0) is 37.0 Å². The van der Waals surface area contributed by atoms with Crippen LogP contribution >= 0.6 is 0 Å². The van der Waals surface area contributed by atoms with Crippen molar-refractivity contribution in [2.45, 2.75) is 77.9 Å². The molecule has 45 heavy (non-hydrogen) atoms. The highest BCUT2D eigenvalue weighted by atomic mass is 16.6. The molecule has 4 amide bonds. The van der Waals surface area contributed by atoms with Crippen molar-refractivity contribution >= 4 is 29.6 Å². The minimum Gasteiger partial charge on any atom is -0.444 e. The molecule has 3 rings (SSSR count). The van der Waals surface area contributed by atoms with Crippen molar-refractivity contribution in [3.8, 4) is 0 Å². The van der Waals surface area contributed by atoms with Crippen LogP contribution in [0, 0.1) is 0 Å². The Labute approximate surface area is 264 Å². The number of carbonyl (C=O) groups excluding carboxylic acids is 4. The molecule has 0 spiro atoms. The fourth-order valence-corrected chi connectivity index (χ4v) is 4.17. The lowest BCUT2D eigenvalue weighted by Gasteiger charge is -2.29. The monoisotopic (exact) mass is 620 g/mol. The van der Waals surface area contributed by atoms with Gasteiger partial charge in [-0.1, -0.05) is 60.7 Å². The van der Waals surface area contributed by atoms with Crippen molar-refractivity contribution in [1.29, 1.82) is 0 Å². The average Bonchev–Trinajstić information content (AvgIpc) is 3.41. The fourth-order valence-electron chi connectivity index (χ4n) is 4.17. The van der Waals surface area contributed by atoms with Gasteiger partial charge in [0.15, 0.2) is 5.82 Å². The van der Waals surface area contributed by atoms with E-state index >= 15 is 0 Å². The summed E-state index contributed by atoms with van der Waals surface area (Å²) in [7, 11) is 1.74. The molecule has 12 nitrogen and oxygen atoms in total. The predicted octanol–water partition coefficient (Wildman–Crippen LogP) is 4.05. The number of likely N-dealkylation sites (N-methyl/N-ethyl adjacent to an activating group) is 1. The number of ether oxygens (including phenoxy) is 2. The van der Waals surface area contributed by atoms with Gasteiger partial charge in [0.25, 0.3) is 5.91 Å². The highest BCUT2D eigenvalue weighted by Crippen LogP contribution is 2.19. The zero-order valence-corrected chi connectivity index (χ0v) is 27.0. The lowest BCUT2D eigenvalue weighted by Crippen LogP contribution is -2.59. The number of alkyl carbamates (subject to hydrolysis) is 1. The maximum absolute atomic E-state index is 13.4. The summed E-state index contributed by atoms with van der Waals surface area (Å²) in [6, 6.07) is 17.8. The second-order valence-corrected chi connectivity index (χ2v) is 12.3. The molecule has 0 unspecified atom stereocenters. The van der Waals surface area contributed by atoms with Gasteiger partial charge >= 0.3 is 6.09 Å². The topological polar surface area (TPSA) is 144 Å². The number of benzene rings is 2. The number of hydrogen-bond donors (Lipinski definition) is 3. The number of aromatic nitrogens is 2. The normalized spacial score (nSPS) is 12.9. The molecule has 0 saturated heterocycles. The highest BCUT2D eigenvalue weighted by Gasteiger charge is 2.34. The Bertz CT molecular complexity index is 1430. The standard InChI is InChI=1S/C33H44N6O6/c1-23(25-16-12-9-13-17-25)38(7)28(40)19-39-18-27(34-22-39)36-29(41)26(21-44-20-24-14-10-8-11-15-24)35-30(42)33(5,6)37-31(43)45-32(2,3)4/h8-18,22-23,26H,19-21H2,1-7H3,(H,35,42)(H,36,41)(H,37,43)/t23-,26+/m0/s1. The molecule has 0 fully saturated rings. The molecule has 2 aromatic carbocycles. The number of carbonyl (C=O) groups is 4. The van der Waals surface area contributed by atoms with Gasteiger partial charge in [0.1, 0.15) is 23.7 Å². The highest BCUT2D eigenvalue weighted by molar-refractivity contribution is 5.98. The van der Waals surface area contributed by atoms with Gasteiger partial charge < -0.3 is 34.9 Å². The van der Waals surface area contributed by atoms with Gasteiger partial charge in [-0.3, -0.25) is 14.4 Å². The number of anilines is 1. The maximum atomic E-state index is 13.4. The zero-order valence-electron chi connectivity index (χ0n) is 27.0. The van der Waals surface area contributed by atoms with Crippen LogP contribution < -0.4 is 16.0 Å². The number of rotatable bonds is 13. The second kappa shape index (κ2) is 15.3. The summed E-state index contributed by atoms with van der Waals surface area (Å²) in [5.41, 5.74) is -0.261. The number of nitrogens with zero attached hydrogens (tertiary/aromatic N) is 3. The number of nitrogens with one attached hydrogen (secondary N) is 3. The van der Waals surface area contributed by atoms with Crippen molar-refractivity contribution in [2.24, 2.45) is 0 Å². The van der Waals surface area contributed by atoms with Gasteiger partial charge in [0, 0.05) is 13.2 Å². The third-order valence-electron chi connectivity index (χ3n) is 6.86. The molecule has 1 aromatic heterocycles. The van der Waals surface area contributed by atoms with E-state index in [-0.39, 0.29) is 37.5 Å². The molecule has 0 radical (unpaired) electrons. The third kappa shape index (κ3) is 11.1. The van der Waals surface area contributed by atoms with E-state index in [1.165, 1.54) is 26.4 Å². The van der Waals surface area contributed by atoms with Crippen molar-refractivity contribution in [3.63, 3.8) is 0 Å². The summed E-state index contributed by atoms with van der Waals surface area (Å²) in [5.74, 6) is -1.15. The molecular formula is C33H44N6O6. The molecule has 0 aliphatic heterocycles. The van der Waals surface area contributed by atoms with Crippen LogP contribution in [-0.4, -0.2) is 69.1 Å². The molecule has 3 aromatic rings. The van der Waals surface area contributed by atoms with E-state index in [1.807, 2.05) is 67.6 Å². The predicted molar refractivity (Wildman–Crippen MR) is 170 cm³/mol. The molecule has 1 heterocycles. The summed E-state index contributed by atoms with van der Waals surface area (Å²) in [4.78, 5) is 57.8. The molecular weight excluding hydrogens is 576 g/mol. The zero-order chi connectivity index (χ0) is 33.2. The van der Waals surface area contributed by atoms with Gasteiger partial charge in [0.05, 0.1) is 25.6 Å². The van der Waals surface area contributed by atoms with E-state index in [2.05, 4.69) is 20.9 Å². The number of imidazole rings is 1. The smallest absolute Gasteiger partial charge is 0.408 e. The van der Waals surface area contributed by atoms with E-state index in [9.17, 15) is 19.2 Å². The largest absolute Gasteiger partial charge is 0.444 e. The van der Waals surface area contributed by atoms with Crippen molar-refractivity contribution in [2.75, 3.05) is 19.0 Å². The Balaban J connectivity index is 1.66. The molecule has 0 aliphatic carbocycles. The Morgan fingerprint density at radius 2 is 1.58 bits per heavy atom. The van der Waals surface area contributed by atoms with Crippen LogP contribution in [0.5, 0.6) is 0 Å². The van der Waals surface area contributed by atoms with Crippen LogP contribution in [0.4, 0.5) is 10.6 Å². The number of hydrogen-bond acceptors (Lipinski definition) is 7. The summed E-state index contributed by atoms with van der Waals surface area (Å²) < 4.78 is 12.6. The summed E-state index contributed by atoms with van der Waals surface area (Å²) in [5, 5.41) is 7.90. The average molecular weight is 621 g/mol. The third-order valence-corrected chi connectivity index (χ3v) is 6.86. The van der Waals surface area contributed by atoms with Gasteiger partial charge in [0.2, 0.25) is 11.8 Å². The Hall–Kier alpha value is -4.71. The summed E-state index contributed by atoms with van der Waals surface area (Å²) in [6.45, 7) is 10.2. The van der Waals surface area contributed by atoms with Crippen molar-refractivity contribution < 1.29 is 28.7 Å². The van der Waals surface area contributed by atoms with E-state index < -0.39 is 35.1 Å². The molecule has 0 bridgehead atoms. The molecule has 2 atom stereocenters. The fraction of sp³-hybridized carbons (Fsp3) is 0.424. The Morgan fingerprint density at radius 1 is 0.956 bits per heavy atom. The van der Waals surface area contributed by atoms with Gasteiger partial charge in [-0.05, 0) is 52.7 Å². The minimum atomic E-state index is -1.41. The van der Waals surface area contributed by atoms with E-state index in [1.54, 1.807) is 37.3 Å². The lowest BCUT2D eigenvalue weighted by molar-refractivity contribution is -0.132. The Kier molecular flexibility index (Phi) is 11.9. The molecule has 0 saturated carbocycles. The van der Waals surface area contributed by atoms with Crippen LogP contribution in [0.25, 0.3) is 0 Å². The van der Waals surface area contributed by atoms with E-state index in [0.29, 0.717) is 0 Å².